The average Bonchev–Trinajstić information content (AvgIpc) is 2.34. The topological polar surface area (TPSA) is 75.6 Å². The molecule has 0 aliphatic rings. The van der Waals surface area contributed by atoms with Gasteiger partial charge in [0, 0.05) is 31.7 Å². The zero-order chi connectivity index (χ0) is 15.4. The van der Waals surface area contributed by atoms with Crippen LogP contribution in [0.3, 0.4) is 0 Å². The molecule has 0 aliphatic heterocycles. The summed E-state index contributed by atoms with van der Waals surface area (Å²) in [7, 11) is -2.15. The summed E-state index contributed by atoms with van der Waals surface area (Å²) in [5, 5.41) is 10.5. The summed E-state index contributed by atoms with van der Waals surface area (Å²) in [6.07, 6.45) is 0.339. The first kappa shape index (κ1) is 17.4. The van der Waals surface area contributed by atoms with Crippen molar-refractivity contribution in [1.29, 1.82) is 0 Å². The van der Waals surface area contributed by atoms with Crippen molar-refractivity contribution in [3.05, 3.63) is 28.8 Å². The van der Waals surface area contributed by atoms with Crippen molar-refractivity contribution >= 4 is 21.6 Å². The second-order valence-electron chi connectivity index (χ2n) is 4.97. The number of benzene rings is 1. The molecule has 0 saturated carbocycles. The molecule has 5 nitrogen and oxygen atoms in total. The summed E-state index contributed by atoms with van der Waals surface area (Å²) in [5.74, 6) is 0. The number of halogens is 1. The summed E-state index contributed by atoms with van der Waals surface area (Å²) in [6.45, 7) is 3.50. The summed E-state index contributed by atoms with van der Waals surface area (Å²) < 4.78 is 31.7. The van der Waals surface area contributed by atoms with Crippen molar-refractivity contribution in [3.63, 3.8) is 0 Å². The third-order valence-corrected chi connectivity index (χ3v) is 4.71. The molecule has 7 heteroatoms. The number of nitrogens with one attached hydrogen (secondary N) is 1. The van der Waals surface area contributed by atoms with Gasteiger partial charge in [-0.3, -0.25) is 0 Å². The number of ether oxygens (including phenoxy) is 1. The fourth-order valence-electron chi connectivity index (χ4n) is 1.65. The summed E-state index contributed by atoms with van der Waals surface area (Å²) >= 11 is 5.80. The molecule has 0 heterocycles. The number of sulfonamides is 1. The normalized spacial score (nSPS) is 15.1. The highest BCUT2D eigenvalue weighted by Crippen LogP contribution is 2.20. The van der Waals surface area contributed by atoms with Crippen LogP contribution in [0.4, 0.5) is 0 Å². The first-order valence-electron chi connectivity index (χ1n) is 6.15. The molecule has 1 unspecified atom stereocenters. The first-order valence-corrected chi connectivity index (χ1v) is 8.01. The van der Waals surface area contributed by atoms with Gasteiger partial charge in [0.15, 0.2) is 0 Å². The van der Waals surface area contributed by atoms with Crippen LogP contribution in [0.5, 0.6) is 0 Å². The SMILES string of the molecule is COCCC(C)(O)CNS(=O)(=O)c1ccc(Cl)cc1C. The Bertz CT molecular complexity index is 557. The quantitative estimate of drug-likeness (QED) is 0.801. The highest BCUT2D eigenvalue weighted by molar-refractivity contribution is 7.89. The Kier molecular flexibility index (Phi) is 5.97. The minimum absolute atomic E-state index is 0.0826. The van der Waals surface area contributed by atoms with Gasteiger partial charge in [-0.25, -0.2) is 13.1 Å². The molecule has 0 aliphatic carbocycles. The van der Waals surface area contributed by atoms with E-state index in [4.69, 9.17) is 16.3 Å². The largest absolute Gasteiger partial charge is 0.389 e. The fourth-order valence-corrected chi connectivity index (χ4v) is 3.27. The number of rotatable bonds is 7. The Balaban J connectivity index is 2.80. The molecule has 0 aromatic heterocycles. The molecule has 0 bridgehead atoms. The molecule has 0 spiro atoms. The Hall–Kier alpha value is -0.660. The van der Waals surface area contributed by atoms with Gasteiger partial charge < -0.3 is 9.84 Å². The first-order chi connectivity index (χ1) is 9.18. The summed E-state index contributed by atoms with van der Waals surface area (Å²) in [5.41, 5.74) is -0.606. The Morgan fingerprint density at radius 3 is 2.65 bits per heavy atom. The van der Waals surface area contributed by atoms with E-state index in [9.17, 15) is 13.5 Å². The van der Waals surface area contributed by atoms with Gasteiger partial charge in [0.25, 0.3) is 0 Å². The zero-order valence-corrected chi connectivity index (χ0v) is 13.4. The van der Waals surface area contributed by atoms with Crippen molar-refractivity contribution in [2.45, 2.75) is 30.8 Å². The van der Waals surface area contributed by atoms with Gasteiger partial charge in [0.05, 0.1) is 10.5 Å². The summed E-state index contributed by atoms with van der Waals surface area (Å²) in [6, 6.07) is 4.55. The van der Waals surface area contributed by atoms with Crippen molar-refractivity contribution in [2.24, 2.45) is 0 Å². The number of hydrogen-bond donors (Lipinski definition) is 2. The van der Waals surface area contributed by atoms with Crippen molar-refractivity contribution < 1.29 is 18.3 Å². The maximum atomic E-state index is 12.2. The van der Waals surface area contributed by atoms with E-state index in [1.165, 1.54) is 19.2 Å². The standard InChI is InChI=1S/C13H20ClNO4S/c1-10-8-11(14)4-5-12(10)20(17,18)15-9-13(2,16)6-7-19-3/h4-5,8,15-16H,6-7,9H2,1-3H3. The molecule has 114 valence electrons. The van der Waals surface area contributed by atoms with E-state index in [-0.39, 0.29) is 11.4 Å². The highest BCUT2D eigenvalue weighted by Gasteiger charge is 2.24. The van der Waals surface area contributed by atoms with E-state index < -0.39 is 15.6 Å². The molecule has 0 amide bonds. The minimum Gasteiger partial charge on any atom is -0.389 e. The van der Waals surface area contributed by atoms with Gasteiger partial charge in [-0.1, -0.05) is 11.6 Å². The van der Waals surface area contributed by atoms with Crippen LogP contribution in [-0.4, -0.2) is 39.4 Å². The van der Waals surface area contributed by atoms with E-state index in [2.05, 4.69) is 4.72 Å². The lowest BCUT2D eigenvalue weighted by molar-refractivity contribution is 0.0292. The van der Waals surface area contributed by atoms with E-state index >= 15 is 0 Å². The van der Waals surface area contributed by atoms with Gasteiger partial charge in [-0.15, -0.1) is 0 Å². The minimum atomic E-state index is -3.68. The lowest BCUT2D eigenvalue weighted by atomic mass is 10.0. The van der Waals surface area contributed by atoms with Crippen LogP contribution in [0.25, 0.3) is 0 Å². The van der Waals surface area contributed by atoms with Crippen LogP contribution in [0.2, 0.25) is 5.02 Å². The molecule has 0 fully saturated rings. The Labute approximate surface area is 125 Å². The van der Waals surface area contributed by atoms with Gasteiger partial charge in [0.2, 0.25) is 10.0 Å². The second kappa shape index (κ2) is 6.87. The van der Waals surface area contributed by atoms with Crippen molar-refractivity contribution in [2.75, 3.05) is 20.3 Å². The Morgan fingerprint density at radius 2 is 2.10 bits per heavy atom. The van der Waals surface area contributed by atoms with Gasteiger partial charge >= 0.3 is 0 Å². The molecule has 1 atom stereocenters. The van der Waals surface area contributed by atoms with Gasteiger partial charge in [-0.05, 0) is 37.6 Å². The number of hydrogen-bond acceptors (Lipinski definition) is 4. The predicted octanol–water partition coefficient (Wildman–Crippen LogP) is 1.71. The van der Waals surface area contributed by atoms with E-state index in [1.54, 1.807) is 19.9 Å². The predicted molar refractivity (Wildman–Crippen MR) is 78.5 cm³/mol. The fraction of sp³-hybridized carbons (Fsp3) is 0.538. The van der Waals surface area contributed by atoms with Crippen LogP contribution in [0, 0.1) is 6.92 Å². The van der Waals surface area contributed by atoms with Crippen LogP contribution in [0.1, 0.15) is 18.9 Å². The lowest BCUT2D eigenvalue weighted by Gasteiger charge is -2.23. The van der Waals surface area contributed by atoms with Crippen molar-refractivity contribution in [3.8, 4) is 0 Å². The monoisotopic (exact) mass is 321 g/mol. The number of methoxy groups -OCH3 is 1. The zero-order valence-electron chi connectivity index (χ0n) is 11.8. The molecule has 1 aromatic rings. The third kappa shape index (κ3) is 5.03. The smallest absolute Gasteiger partial charge is 0.240 e. The molecule has 0 radical (unpaired) electrons. The average molecular weight is 322 g/mol. The van der Waals surface area contributed by atoms with Crippen LogP contribution >= 0.6 is 11.6 Å². The van der Waals surface area contributed by atoms with E-state index in [0.29, 0.717) is 23.6 Å². The lowest BCUT2D eigenvalue weighted by Crippen LogP contribution is -2.41. The second-order valence-corrected chi connectivity index (χ2v) is 7.15. The van der Waals surface area contributed by atoms with Crippen LogP contribution in [-0.2, 0) is 14.8 Å². The molecular formula is C13H20ClNO4S. The van der Waals surface area contributed by atoms with Crippen LogP contribution in [0.15, 0.2) is 23.1 Å². The highest BCUT2D eigenvalue weighted by atomic mass is 35.5. The molecule has 2 N–H and O–H groups in total. The molecule has 20 heavy (non-hydrogen) atoms. The molecule has 1 aromatic carbocycles. The molecular weight excluding hydrogens is 302 g/mol. The van der Waals surface area contributed by atoms with Crippen LogP contribution < -0.4 is 4.72 Å². The Morgan fingerprint density at radius 1 is 1.45 bits per heavy atom. The number of aryl methyl sites for hydroxylation is 1. The number of aliphatic hydroxyl groups is 1. The third-order valence-electron chi connectivity index (χ3n) is 2.91. The van der Waals surface area contributed by atoms with Gasteiger partial charge in [-0.2, -0.15) is 0 Å². The maximum absolute atomic E-state index is 12.2. The molecule has 1 rings (SSSR count). The molecule has 0 saturated heterocycles. The van der Waals surface area contributed by atoms with Crippen molar-refractivity contribution in [1.82, 2.24) is 4.72 Å². The summed E-state index contributed by atoms with van der Waals surface area (Å²) in [4.78, 5) is 0.157. The van der Waals surface area contributed by atoms with Gasteiger partial charge in [0.1, 0.15) is 0 Å². The van der Waals surface area contributed by atoms with E-state index in [1.807, 2.05) is 0 Å². The van der Waals surface area contributed by atoms with E-state index in [0.717, 1.165) is 0 Å². The maximum Gasteiger partial charge on any atom is 0.240 e.